The summed E-state index contributed by atoms with van der Waals surface area (Å²) in [5.41, 5.74) is 2.05. The quantitative estimate of drug-likeness (QED) is 0.863. The zero-order valence-corrected chi connectivity index (χ0v) is 12.5. The molecule has 0 aliphatic rings. The van der Waals surface area contributed by atoms with Gasteiger partial charge in [-0.25, -0.2) is 8.42 Å². The van der Waals surface area contributed by atoms with Crippen LogP contribution < -0.4 is 10.2 Å². The number of hydrogen-bond donors (Lipinski definition) is 1. The van der Waals surface area contributed by atoms with E-state index >= 15 is 0 Å². The summed E-state index contributed by atoms with van der Waals surface area (Å²) in [6.07, 6.45) is 1.25. The molecular weight excluding hydrogens is 272 g/mol. The van der Waals surface area contributed by atoms with Crippen LogP contribution in [-0.2, 0) is 16.4 Å². The molecule has 102 valence electrons. The van der Waals surface area contributed by atoms with Crippen molar-refractivity contribution >= 4 is 27.1 Å². The molecule has 1 aromatic rings. The van der Waals surface area contributed by atoms with Gasteiger partial charge in [-0.2, -0.15) is 0 Å². The molecule has 0 heterocycles. The van der Waals surface area contributed by atoms with Gasteiger partial charge in [0.05, 0.1) is 5.75 Å². The van der Waals surface area contributed by atoms with Gasteiger partial charge >= 0.3 is 0 Å². The van der Waals surface area contributed by atoms with Gasteiger partial charge in [0.1, 0.15) is 9.84 Å². The zero-order valence-electron chi connectivity index (χ0n) is 10.9. The summed E-state index contributed by atoms with van der Waals surface area (Å²) in [4.78, 5) is 1.93. The molecule has 1 N–H and O–H groups in total. The number of benzene rings is 1. The van der Waals surface area contributed by atoms with Crippen molar-refractivity contribution in [2.75, 3.05) is 37.5 Å². The van der Waals surface area contributed by atoms with E-state index in [2.05, 4.69) is 5.32 Å². The van der Waals surface area contributed by atoms with E-state index in [0.29, 0.717) is 18.1 Å². The zero-order chi connectivity index (χ0) is 13.8. The van der Waals surface area contributed by atoms with Gasteiger partial charge in [0.2, 0.25) is 0 Å². The van der Waals surface area contributed by atoms with Crippen molar-refractivity contribution in [2.45, 2.75) is 6.54 Å². The van der Waals surface area contributed by atoms with Crippen LogP contribution in [0.25, 0.3) is 0 Å². The van der Waals surface area contributed by atoms with Gasteiger partial charge < -0.3 is 10.2 Å². The Morgan fingerprint density at radius 3 is 2.61 bits per heavy atom. The Morgan fingerprint density at radius 1 is 1.39 bits per heavy atom. The van der Waals surface area contributed by atoms with E-state index in [-0.39, 0.29) is 5.75 Å². The van der Waals surface area contributed by atoms with Crippen LogP contribution in [0.5, 0.6) is 0 Å². The Balaban J connectivity index is 2.87. The van der Waals surface area contributed by atoms with Crippen molar-refractivity contribution < 1.29 is 8.42 Å². The molecular formula is C12H19ClN2O2S. The third-order valence-corrected chi connectivity index (χ3v) is 3.78. The Morgan fingerprint density at radius 2 is 2.06 bits per heavy atom. The van der Waals surface area contributed by atoms with Gasteiger partial charge in [-0.15, -0.1) is 0 Å². The highest BCUT2D eigenvalue weighted by Gasteiger charge is 2.10. The van der Waals surface area contributed by atoms with Crippen LogP contribution in [0.2, 0.25) is 5.02 Å². The highest BCUT2D eigenvalue weighted by molar-refractivity contribution is 7.90. The van der Waals surface area contributed by atoms with Crippen LogP contribution >= 0.6 is 11.6 Å². The van der Waals surface area contributed by atoms with Crippen molar-refractivity contribution in [3.8, 4) is 0 Å². The fraction of sp³-hybridized carbons (Fsp3) is 0.500. The number of anilines is 1. The fourth-order valence-electron chi connectivity index (χ4n) is 1.68. The Bertz CT molecular complexity index is 503. The largest absolute Gasteiger partial charge is 0.373 e. The molecule has 0 aliphatic heterocycles. The van der Waals surface area contributed by atoms with Crippen LogP contribution in [0, 0.1) is 0 Å². The van der Waals surface area contributed by atoms with Gasteiger partial charge in [0, 0.05) is 37.1 Å². The van der Waals surface area contributed by atoms with Gasteiger partial charge in [-0.3, -0.25) is 0 Å². The van der Waals surface area contributed by atoms with Gasteiger partial charge in [0.25, 0.3) is 0 Å². The molecule has 0 fully saturated rings. The third kappa shape index (κ3) is 4.84. The smallest absolute Gasteiger partial charge is 0.149 e. The van der Waals surface area contributed by atoms with E-state index < -0.39 is 9.84 Å². The summed E-state index contributed by atoms with van der Waals surface area (Å²) < 4.78 is 22.3. The van der Waals surface area contributed by atoms with Crippen molar-refractivity contribution in [3.63, 3.8) is 0 Å². The number of halogens is 1. The normalized spacial score (nSPS) is 11.6. The van der Waals surface area contributed by atoms with E-state index in [4.69, 9.17) is 11.6 Å². The maximum Gasteiger partial charge on any atom is 0.149 e. The molecule has 0 aliphatic carbocycles. The summed E-state index contributed by atoms with van der Waals surface area (Å²) >= 11 is 5.96. The van der Waals surface area contributed by atoms with Crippen molar-refractivity contribution in [3.05, 3.63) is 28.8 Å². The van der Waals surface area contributed by atoms with E-state index in [1.54, 1.807) is 0 Å². The molecule has 0 amide bonds. The number of sulfone groups is 1. The molecule has 0 spiro atoms. The molecule has 1 aromatic carbocycles. The number of rotatable bonds is 6. The van der Waals surface area contributed by atoms with E-state index in [0.717, 1.165) is 11.3 Å². The number of nitrogens with zero attached hydrogens (tertiary/aromatic N) is 1. The minimum Gasteiger partial charge on any atom is -0.373 e. The van der Waals surface area contributed by atoms with Crippen LogP contribution in [0.1, 0.15) is 5.56 Å². The number of hydrogen-bond acceptors (Lipinski definition) is 4. The first-order valence-corrected chi connectivity index (χ1v) is 8.09. The van der Waals surface area contributed by atoms with Gasteiger partial charge in [-0.1, -0.05) is 11.6 Å². The molecule has 0 saturated heterocycles. The van der Waals surface area contributed by atoms with Gasteiger partial charge in [-0.05, 0) is 30.8 Å². The first-order valence-electron chi connectivity index (χ1n) is 5.65. The molecule has 6 heteroatoms. The Kier molecular flexibility index (Phi) is 5.44. The maximum absolute atomic E-state index is 11.2. The van der Waals surface area contributed by atoms with Gasteiger partial charge in [0.15, 0.2) is 0 Å². The highest BCUT2D eigenvalue weighted by Crippen LogP contribution is 2.23. The molecule has 0 atom stereocenters. The van der Waals surface area contributed by atoms with E-state index in [9.17, 15) is 8.42 Å². The second-order valence-corrected chi connectivity index (χ2v) is 7.05. The van der Waals surface area contributed by atoms with Crippen molar-refractivity contribution in [2.24, 2.45) is 0 Å². The second-order valence-electron chi connectivity index (χ2n) is 4.35. The summed E-state index contributed by atoms with van der Waals surface area (Å²) in [5.74, 6) is 0.144. The molecule has 1 rings (SSSR count). The van der Waals surface area contributed by atoms with E-state index in [1.165, 1.54) is 6.26 Å². The Hall–Kier alpha value is -0.780. The summed E-state index contributed by atoms with van der Waals surface area (Å²) in [5, 5.41) is 3.76. The molecule has 0 unspecified atom stereocenters. The highest BCUT2D eigenvalue weighted by atomic mass is 35.5. The summed E-state index contributed by atoms with van der Waals surface area (Å²) in [6, 6.07) is 5.62. The van der Waals surface area contributed by atoms with Crippen LogP contribution in [0.3, 0.4) is 0 Å². The predicted octanol–water partition coefficient (Wildman–Crippen LogP) is 1.54. The van der Waals surface area contributed by atoms with Crippen molar-refractivity contribution in [1.82, 2.24) is 5.32 Å². The molecule has 0 saturated carbocycles. The van der Waals surface area contributed by atoms with Crippen LogP contribution in [0.4, 0.5) is 5.69 Å². The lowest BCUT2D eigenvalue weighted by molar-refractivity contribution is 0.601. The maximum atomic E-state index is 11.2. The molecule has 4 nitrogen and oxygen atoms in total. The minimum absolute atomic E-state index is 0.144. The lowest BCUT2D eigenvalue weighted by Crippen LogP contribution is -2.26. The average Bonchev–Trinajstić information content (AvgIpc) is 2.25. The number of nitrogens with one attached hydrogen (secondary N) is 1. The summed E-state index contributed by atoms with van der Waals surface area (Å²) in [7, 11) is 0.801. The standard InChI is InChI=1S/C12H19ClN2O2S/c1-14-9-10-8-11(13)4-5-12(10)15(2)6-7-18(3,16)17/h4-5,8,14H,6-7,9H2,1-3H3. The average molecular weight is 291 g/mol. The third-order valence-electron chi connectivity index (χ3n) is 2.62. The minimum atomic E-state index is -2.94. The first kappa shape index (κ1) is 15.3. The second kappa shape index (κ2) is 6.41. The molecule has 0 bridgehead atoms. The van der Waals surface area contributed by atoms with Crippen molar-refractivity contribution in [1.29, 1.82) is 0 Å². The summed E-state index contributed by atoms with van der Waals surface area (Å²) in [6.45, 7) is 1.16. The lowest BCUT2D eigenvalue weighted by Gasteiger charge is -2.22. The van der Waals surface area contributed by atoms with E-state index in [1.807, 2.05) is 37.2 Å². The predicted molar refractivity (Wildman–Crippen MR) is 77.2 cm³/mol. The molecule has 18 heavy (non-hydrogen) atoms. The topological polar surface area (TPSA) is 49.4 Å². The van der Waals surface area contributed by atoms with Crippen LogP contribution in [-0.4, -0.2) is 41.1 Å². The fourth-order valence-corrected chi connectivity index (χ4v) is 2.48. The lowest BCUT2D eigenvalue weighted by atomic mass is 10.1. The SMILES string of the molecule is CNCc1cc(Cl)ccc1N(C)CCS(C)(=O)=O. The molecule has 0 aromatic heterocycles. The van der Waals surface area contributed by atoms with Crippen LogP contribution in [0.15, 0.2) is 18.2 Å². The monoisotopic (exact) mass is 290 g/mol. The molecule has 0 radical (unpaired) electrons. The first-order chi connectivity index (χ1) is 8.33. The Labute approximate surface area is 114 Å².